The van der Waals surface area contributed by atoms with E-state index >= 15 is 0 Å². The molecule has 5 heteroatoms. The van der Waals surface area contributed by atoms with Crippen molar-refractivity contribution in [2.24, 2.45) is 0 Å². The second-order valence-corrected chi connectivity index (χ2v) is 6.82. The summed E-state index contributed by atoms with van der Waals surface area (Å²) in [5, 5.41) is 3.27. The Hall–Kier alpha value is -1.23. The Morgan fingerprint density at radius 2 is 2.17 bits per heavy atom. The van der Waals surface area contributed by atoms with Gasteiger partial charge < -0.3 is 10.1 Å². The van der Waals surface area contributed by atoms with Crippen molar-refractivity contribution in [3.05, 3.63) is 24.3 Å². The van der Waals surface area contributed by atoms with Crippen LogP contribution in [-0.4, -0.2) is 32.6 Å². The number of rotatable bonds is 5. The quantitative estimate of drug-likeness (QED) is 0.889. The van der Waals surface area contributed by atoms with E-state index in [0.29, 0.717) is 13.0 Å². The van der Waals surface area contributed by atoms with E-state index in [4.69, 9.17) is 4.74 Å². The lowest BCUT2D eigenvalue weighted by molar-refractivity contribution is 0.318. The third-order valence-corrected chi connectivity index (χ3v) is 4.71. The first-order valence-electron chi connectivity index (χ1n) is 6.29. The lowest BCUT2D eigenvalue weighted by Crippen LogP contribution is -2.21. The minimum atomic E-state index is -2.85. The molecule has 1 heterocycles. The molecular weight excluding hydrogens is 250 g/mol. The summed E-state index contributed by atoms with van der Waals surface area (Å²) in [6, 6.07) is 7.67. The summed E-state index contributed by atoms with van der Waals surface area (Å²) >= 11 is 0. The third kappa shape index (κ3) is 3.38. The highest BCUT2D eigenvalue weighted by atomic mass is 32.2. The van der Waals surface area contributed by atoms with Crippen LogP contribution in [-0.2, 0) is 9.84 Å². The van der Waals surface area contributed by atoms with Gasteiger partial charge in [0.25, 0.3) is 0 Å². The molecule has 100 valence electrons. The number of sulfone groups is 1. The van der Waals surface area contributed by atoms with Crippen LogP contribution in [0.1, 0.15) is 19.8 Å². The van der Waals surface area contributed by atoms with Crippen molar-refractivity contribution in [2.75, 3.05) is 23.4 Å². The number of nitrogens with one attached hydrogen (secondary N) is 1. The topological polar surface area (TPSA) is 55.4 Å². The molecule has 0 amide bonds. The Labute approximate surface area is 108 Å². The summed E-state index contributed by atoms with van der Waals surface area (Å²) in [6.45, 7) is 2.72. The van der Waals surface area contributed by atoms with Gasteiger partial charge >= 0.3 is 0 Å². The van der Waals surface area contributed by atoms with Crippen LogP contribution in [0.5, 0.6) is 5.75 Å². The van der Waals surface area contributed by atoms with Gasteiger partial charge in [0.15, 0.2) is 9.84 Å². The van der Waals surface area contributed by atoms with Crippen LogP contribution in [0.3, 0.4) is 0 Å². The normalized spacial score (nSPS) is 21.7. The molecule has 0 saturated carbocycles. The molecule has 1 aliphatic rings. The Balaban J connectivity index is 2.05. The van der Waals surface area contributed by atoms with Gasteiger partial charge in [-0.2, -0.15) is 0 Å². The monoisotopic (exact) mass is 269 g/mol. The van der Waals surface area contributed by atoms with E-state index in [1.54, 1.807) is 0 Å². The molecule has 1 unspecified atom stereocenters. The fourth-order valence-electron chi connectivity index (χ4n) is 2.05. The first-order valence-corrected chi connectivity index (χ1v) is 8.11. The zero-order chi connectivity index (χ0) is 13.0. The van der Waals surface area contributed by atoms with Crippen LogP contribution in [0.15, 0.2) is 24.3 Å². The fourth-order valence-corrected chi connectivity index (χ4v) is 3.73. The number of ether oxygens (including phenoxy) is 1. The standard InChI is InChI=1S/C13H19NO3S/c1-2-8-17-13-6-4-3-5-12(13)14-11-7-9-18(15,16)10-11/h3-6,11,14H,2,7-10H2,1H3. The first-order chi connectivity index (χ1) is 8.61. The molecule has 0 aliphatic carbocycles. The van der Waals surface area contributed by atoms with Crippen molar-refractivity contribution in [1.82, 2.24) is 0 Å². The van der Waals surface area contributed by atoms with Crippen LogP contribution in [0.25, 0.3) is 0 Å². The van der Waals surface area contributed by atoms with Gasteiger partial charge in [-0.05, 0) is 25.0 Å². The van der Waals surface area contributed by atoms with Gasteiger partial charge in [0.1, 0.15) is 5.75 Å². The van der Waals surface area contributed by atoms with Crippen molar-refractivity contribution in [2.45, 2.75) is 25.8 Å². The molecule has 4 nitrogen and oxygen atoms in total. The molecule has 1 fully saturated rings. The number of benzene rings is 1. The molecule has 0 aromatic heterocycles. The smallest absolute Gasteiger partial charge is 0.152 e. The molecule has 1 atom stereocenters. The predicted molar refractivity (Wildman–Crippen MR) is 72.9 cm³/mol. The van der Waals surface area contributed by atoms with Gasteiger partial charge in [-0.15, -0.1) is 0 Å². The molecule has 1 aromatic rings. The maximum atomic E-state index is 11.4. The highest BCUT2D eigenvalue weighted by Gasteiger charge is 2.28. The Morgan fingerprint density at radius 3 is 2.83 bits per heavy atom. The molecular formula is C13H19NO3S. The Kier molecular flexibility index (Phi) is 4.11. The van der Waals surface area contributed by atoms with Crippen molar-refractivity contribution < 1.29 is 13.2 Å². The second kappa shape index (κ2) is 5.61. The zero-order valence-electron chi connectivity index (χ0n) is 10.6. The summed E-state index contributed by atoms with van der Waals surface area (Å²) < 4.78 is 28.5. The average molecular weight is 269 g/mol. The van der Waals surface area contributed by atoms with E-state index in [1.807, 2.05) is 24.3 Å². The van der Waals surface area contributed by atoms with Gasteiger partial charge in [0, 0.05) is 6.04 Å². The second-order valence-electron chi connectivity index (χ2n) is 4.59. The fraction of sp³-hybridized carbons (Fsp3) is 0.538. The predicted octanol–water partition coefficient (Wildman–Crippen LogP) is 2.07. The molecule has 0 radical (unpaired) electrons. The summed E-state index contributed by atoms with van der Waals surface area (Å²) in [4.78, 5) is 0. The number of anilines is 1. The van der Waals surface area contributed by atoms with Crippen LogP contribution in [0, 0.1) is 0 Å². The Bertz CT molecular complexity index is 499. The van der Waals surface area contributed by atoms with Crippen LogP contribution in [0.4, 0.5) is 5.69 Å². The zero-order valence-corrected chi connectivity index (χ0v) is 11.4. The van der Waals surface area contributed by atoms with Gasteiger partial charge in [0.2, 0.25) is 0 Å². The Morgan fingerprint density at radius 1 is 1.39 bits per heavy atom. The minimum Gasteiger partial charge on any atom is -0.491 e. The SMILES string of the molecule is CCCOc1ccccc1NC1CCS(=O)(=O)C1. The molecule has 1 N–H and O–H groups in total. The van der Waals surface area contributed by atoms with Crippen LogP contribution >= 0.6 is 0 Å². The van der Waals surface area contributed by atoms with Crippen molar-refractivity contribution in [1.29, 1.82) is 0 Å². The molecule has 1 aliphatic heterocycles. The first kappa shape index (κ1) is 13.2. The number of hydrogen-bond acceptors (Lipinski definition) is 4. The highest BCUT2D eigenvalue weighted by molar-refractivity contribution is 7.91. The van der Waals surface area contributed by atoms with E-state index in [-0.39, 0.29) is 17.5 Å². The molecule has 1 aromatic carbocycles. The van der Waals surface area contributed by atoms with E-state index in [2.05, 4.69) is 12.2 Å². The van der Waals surface area contributed by atoms with E-state index in [1.165, 1.54) is 0 Å². The maximum absolute atomic E-state index is 11.4. The summed E-state index contributed by atoms with van der Waals surface area (Å²) in [5.74, 6) is 1.29. The van der Waals surface area contributed by atoms with Gasteiger partial charge in [0.05, 0.1) is 23.8 Å². The van der Waals surface area contributed by atoms with Crippen LogP contribution in [0.2, 0.25) is 0 Å². The number of hydrogen-bond donors (Lipinski definition) is 1. The van der Waals surface area contributed by atoms with Crippen molar-refractivity contribution in [3.8, 4) is 5.75 Å². The third-order valence-electron chi connectivity index (χ3n) is 2.94. The maximum Gasteiger partial charge on any atom is 0.152 e. The summed E-state index contributed by atoms with van der Waals surface area (Å²) in [7, 11) is -2.85. The van der Waals surface area contributed by atoms with Crippen molar-refractivity contribution >= 4 is 15.5 Å². The van der Waals surface area contributed by atoms with E-state index in [9.17, 15) is 8.42 Å². The summed E-state index contributed by atoms with van der Waals surface area (Å²) in [6.07, 6.45) is 1.62. The van der Waals surface area contributed by atoms with Gasteiger partial charge in [-0.1, -0.05) is 19.1 Å². The van der Waals surface area contributed by atoms with Crippen LogP contribution < -0.4 is 10.1 Å². The van der Waals surface area contributed by atoms with Crippen molar-refractivity contribution in [3.63, 3.8) is 0 Å². The molecule has 2 rings (SSSR count). The van der Waals surface area contributed by atoms with Gasteiger partial charge in [-0.25, -0.2) is 8.42 Å². The summed E-state index contributed by atoms with van der Waals surface area (Å²) in [5.41, 5.74) is 0.882. The molecule has 0 spiro atoms. The lowest BCUT2D eigenvalue weighted by Gasteiger charge is -2.16. The molecule has 18 heavy (non-hydrogen) atoms. The largest absolute Gasteiger partial charge is 0.491 e. The number of para-hydroxylation sites is 2. The van der Waals surface area contributed by atoms with E-state index < -0.39 is 9.84 Å². The highest BCUT2D eigenvalue weighted by Crippen LogP contribution is 2.26. The minimum absolute atomic E-state index is 0.00127. The molecule has 1 saturated heterocycles. The molecule has 0 bridgehead atoms. The van der Waals surface area contributed by atoms with Gasteiger partial charge in [-0.3, -0.25) is 0 Å². The average Bonchev–Trinajstić information content (AvgIpc) is 2.68. The lowest BCUT2D eigenvalue weighted by atomic mass is 10.2. The van der Waals surface area contributed by atoms with E-state index in [0.717, 1.165) is 17.9 Å².